The third-order valence-electron chi connectivity index (χ3n) is 2.46. The van der Waals surface area contributed by atoms with Gasteiger partial charge in [0.1, 0.15) is 5.69 Å². The first-order valence-corrected chi connectivity index (χ1v) is 6.32. The highest BCUT2D eigenvalue weighted by Crippen LogP contribution is 2.08. The van der Waals surface area contributed by atoms with Crippen LogP contribution in [0, 0.1) is 0 Å². The molecule has 20 heavy (non-hydrogen) atoms. The minimum Gasteiger partial charge on any atom is -0.448 e. The summed E-state index contributed by atoms with van der Waals surface area (Å²) in [5.74, 6) is -1.20. The predicted molar refractivity (Wildman–Crippen MR) is 73.6 cm³/mol. The predicted octanol–water partition coefficient (Wildman–Crippen LogP) is 1.68. The van der Waals surface area contributed by atoms with Crippen LogP contribution in [0.2, 0.25) is 0 Å². The van der Waals surface area contributed by atoms with Gasteiger partial charge < -0.3 is 15.0 Å². The monoisotopic (exact) mass is 280 g/mol. The summed E-state index contributed by atoms with van der Waals surface area (Å²) in [6, 6.07) is 1.40. The molecule has 1 amide bonds. The molecule has 0 spiro atoms. The fourth-order valence-corrected chi connectivity index (χ4v) is 1.46. The van der Waals surface area contributed by atoms with E-state index in [9.17, 15) is 14.4 Å². The molecule has 1 aromatic rings. The highest BCUT2D eigenvalue weighted by atomic mass is 16.5. The van der Waals surface area contributed by atoms with E-state index in [0.29, 0.717) is 5.56 Å². The molecule has 2 N–H and O–H groups in total. The number of carbonyl (C=O) groups is 3. The molecular formula is C14H20N2O4. The average Bonchev–Trinajstić information content (AvgIpc) is 2.75. The van der Waals surface area contributed by atoms with Gasteiger partial charge in [0, 0.05) is 17.3 Å². The Morgan fingerprint density at radius 1 is 1.30 bits per heavy atom. The Bertz CT molecular complexity index is 526. The van der Waals surface area contributed by atoms with Crippen molar-refractivity contribution >= 4 is 17.7 Å². The SMILES string of the molecule is CC(=O)c1c[nH]c(C(=O)O[C@@H](C)C(=O)NC(C)(C)C)c1. The van der Waals surface area contributed by atoms with Crippen LogP contribution in [0.5, 0.6) is 0 Å². The van der Waals surface area contributed by atoms with E-state index in [1.165, 1.54) is 26.1 Å². The zero-order valence-corrected chi connectivity index (χ0v) is 12.4. The van der Waals surface area contributed by atoms with Gasteiger partial charge in [0.05, 0.1) is 0 Å². The van der Waals surface area contributed by atoms with Crippen molar-refractivity contribution < 1.29 is 19.1 Å². The molecule has 0 unspecified atom stereocenters. The molecule has 0 aliphatic carbocycles. The number of H-pyrrole nitrogens is 1. The van der Waals surface area contributed by atoms with Gasteiger partial charge in [-0.2, -0.15) is 0 Å². The number of esters is 1. The van der Waals surface area contributed by atoms with Crippen molar-refractivity contribution in [2.45, 2.75) is 46.3 Å². The van der Waals surface area contributed by atoms with Crippen molar-refractivity contribution in [1.82, 2.24) is 10.3 Å². The van der Waals surface area contributed by atoms with Gasteiger partial charge >= 0.3 is 5.97 Å². The number of carbonyl (C=O) groups excluding carboxylic acids is 3. The van der Waals surface area contributed by atoms with Crippen molar-refractivity contribution in [2.75, 3.05) is 0 Å². The Hall–Kier alpha value is -2.11. The lowest BCUT2D eigenvalue weighted by molar-refractivity contribution is -0.130. The summed E-state index contributed by atoms with van der Waals surface area (Å²) >= 11 is 0. The highest BCUT2D eigenvalue weighted by Gasteiger charge is 2.23. The van der Waals surface area contributed by atoms with Crippen molar-refractivity contribution in [1.29, 1.82) is 0 Å². The van der Waals surface area contributed by atoms with Gasteiger partial charge in [-0.3, -0.25) is 9.59 Å². The Labute approximate surface area is 117 Å². The van der Waals surface area contributed by atoms with Crippen LogP contribution >= 0.6 is 0 Å². The Morgan fingerprint density at radius 2 is 1.90 bits per heavy atom. The van der Waals surface area contributed by atoms with Crippen LogP contribution in [0.4, 0.5) is 0 Å². The van der Waals surface area contributed by atoms with Crippen molar-refractivity contribution in [2.24, 2.45) is 0 Å². The molecule has 0 saturated carbocycles. The molecule has 0 aliphatic heterocycles. The molecule has 0 saturated heterocycles. The van der Waals surface area contributed by atoms with Gasteiger partial charge in [0.15, 0.2) is 11.9 Å². The number of ether oxygens (including phenoxy) is 1. The van der Waals surface area contributed by atoms with Crippen LogP contribution < -0.4 is 5.32 Å². The van der Waals surface area contributed by atoms with Crippen molar-refractivity contribution in [3.63, 3.8) is 0 Å². The van der Waals surface area contributed by atoms with Gasteiger partial charge in [-0.1, -0.05) is 0 Å². The summed E-state index contributed by atoms with van der Waals surface area (Å²) in [5, 5.41) is 2.72. The molecular weight excluding hydrogens is 260 g/mol. The maximum Gasteiger partial charge on any atom is 0.355 e. The molecule has 1 aromatic heterocycles. The average molecular weight is 280 g/mol. The van der Waals surface area contributed by atoms with E-state index in [2.05, 4.69) is 10.3 Å². The number of ketones is 1. The van der Waals surface area contributed by atoms with E-state index < -0.39 is 17.6 Å². The summed E-state index contributed by atoms with van der Waals surface area (Å²) < 4.78 is 5.04. The minimum atomic E-state index is -0.911. The molecule has 1 rings (SSSR count). The molecule has 110 valence electrons. The molecule has 1 heterocycles. The molecule has 6 nitrogen and oxygen atoms in total. The summed E-state index contributed by atoms with van der Waals surface area (Å²) in [6.07, 6.45) is 0.518. The number of aromatic nitrogens is 1. The van der Waals surface area contributed by atoms with Crippen LogP contribution in [0.15, 0.2) is 12.3 Å². The topological polar surface area (TPSA) is 88.3 Å². The number of nitrogens with one attached hydrogen (secondary N) is 2. The lowest BCUT2D eigenvalue weighted by Gasteiger charge is -2.23. The third kappa shape index (κ3) is 4.53. The van der Waals surface area contributed by atoms with E-state index in [1.807, 2.05) is 20.8 Å². The quantitative estimate of drug-likeness (QED) is 0.648. The zero-order chi connectivity index (χ0) is 15.5. The first-order valence-electron chi connectivity index (χ1n) is 6.32. The normalized spacial score (nSPS) is 12.7. The summed E-state index contributed by atoms with van der Waals surface area (Å²) in [6.45, 7) is 8.40. The number of rotatable bonds is 4. The zero-order valence-electron chi connectivity index (χ0n) is 12.4. The highest BCUT2D eigenvalue weighted by molar-refractivity contribution is 5.98. The van der Waals surface area contributed by atoms with Gasteiger partial charge in [-0.25, -0.2) is 4.79 Å². The summed E-state index contributed by atoms with van der Waals surface area (Å²) in [4.78, 5) is 37.4. The first-order chi connectivity index (χ1) is 9.10. The third-order valence-corrected chi connectivity index (χ3v) is 2.46. The van der Waals surface area contributed by atoms with Crippen LogP contribution in [-0.4, -0.2) is 34.3 Å². The fraction of sp³-hybridized carbons (Fsp3) is 0.500. The number of aromatic amines is 1. The standard InChI is InChI=1S/C14H20N2O4/c1-8(17)10-6-11(15-7-10)13(19)20-9(2)12(18)16-14(3,4)5/h6-7,9,15H,1-5H3,(H,16,18)/t9-/m0/s1. The second-order valence-corrected chi connectivity index (χ2v) is 5.65. The smallest absolute Gasteiger partial charge is 0.355 e. The fourth-order valence-electron chi connectivity index (χ4n) is 1.46. The van der Waals surface area contributed by atoms with E-state index in [-0.39, 0.29) is 17.4 Å². The lowest BCUT2D eigenvalue weighted by atomic mass is 10.1. The van der Waals surface area contributed by atoms with Gasteiger partial charge in [-0.15, -0.1) is 0 Å². The lowest BCUT2D eigenvalue weighted by Crippen LogP contribution is -2.46. The molecule has 0 fully saturated rings. The molecule has 0 bridgehead atoms. The van der Waals surface area contributed by atoms with Gasteiger partial charge in [0.2, 0.25) is 0 Å². The number of hydrogen-bond acceptors (Lipinski definition) is 4. The maximum atomic E-state index is 11.8. The first kappa shape index (κ1) is 15.9. The van der Waals surface area contributed by atoms with Gasteiger partial charge in [0.25, 0.3) is 5.91 Å². The second kappa shape index (κ2) is 5.90. The maximum absolute atomic E-state index is 11.8. The van der Waals surface area contributed by atoms with E-state index in [4.69, 9.17) is 4.74 Å². The van der Waals surface area contributed by atoms with Crippen molar-refractivity contribution in [3.05, 3.63) is 23.5 Å². The summed E-state index contributed by atoms with van der Waals surface area (Å²) in [7, 11) is 0. The van der Waals surface area contributed by atoms with Crippen LogP contribution in [0.1, 0.15) is 55.5 Å². The van der Waals surface area contributed by atoms with E-state index in [0.717, 1.165) is 0 Å². The van der Waals surface area contributed by atoms with Crippen molar-refractivity contribution in [3.8, 4) is 0 Å². The van der Waals surface area contributed by atoms with Crippen LogP contribution in [0.3, 0.4) is 0 Å². The number of hydrogen-bond donors (Lipinski definition) is 2. The second-order valence-electron chi connectivity index (χ2n) is 5.65. The van der Waals surface area contributed by atoms with E-state index in [1.54, 1.807) is 0 Å². The molecule has 6 heteroatoms. The summed E-state index contributed by atoms with van der Waals surface area (Å²) in [5.41, 5.74) is 0.140. The molecule has 1 atom stereocenters. The Morgan fingerprint density at radius 3 is 2.35 bits per heavy atom. The molecule has 0 radical (unpaired) electrons. The molecule has 0 aliphatic rings. The van der Waals surface area contributed by atoms with Crippen LogP contribution in [0.25, 0.3) is 0 Å². The van der Waals surface area contributed by atoms with Gasteiger partial charge in [-0.05, 0) is 40.7 Å². The van der Waals surface area contributed by atoms with E-state index >= 15 is 0 Å². The molecule has 0 aromatic carbocycles. The number of Topliss-reactive ketones (excluding diaryl/α,β-unsaturated/α-hetero) is 1. The minimum absolute atomic E-state index is 0.144. The van der Waals surface area contributed by atoms with Crippen LogP contribution in [-0.2, 0) is 9.53 Å². The number of amides is 1. The largest absolute Gasteiger partial charge is 0.448 e. The Kier molecular flexibility index (Phi) is 4.70. The Balaban J connectivity index is 2.65.